The van der Waals surface area contributed by atoms with Gasteiger partial charge in [-0.25, -0.2) is 0 Å². The Hall–Kier alpha value is -1.55. The van der Waals surface area contributed by atoms with Crippen molar-refractivity contribution in [1.29, 1.82) is 0 Å². The van der Waals surface area contributed by atoms with Crippen molar-refractivity contribution in [3.8, 4) is 5.75 Å². The van der Waals surface area contributed by atoms with Gasteiger partial charge in [0.1, 0.15) is 5.75 Å². The number of carbonyl (C=O) groups excluding carboxylic acids is 1. The van der Waals surface area contributed by atoms with Crippen LogP contribution in [-0.2, 0) is 11.2 Å². The second kappa shape index (κ2) is 6.06. The number of hydrogen-bond donors (Lipinski definition) is 1. The molecule has 0 saturated carbocycles. The Balaban J connectivity index is 1.96. The summed E-state index contributed by atoms with van der Waals surface area (Å²) in [4.78, 5) is 14.0. The molecule has 1 saturated heterocycles. The molecule has 1 amide bonds. The van der Waals surface area contributed by atoms with Gasteiger partial charge in [0, 0.05) is 19.1 Å². The highest BCUT2D eigenvalue weighted by molar-refractivity contribution is 5.79. The highest BCUT2D eigenvalue weighted by Gasteiger charge is 2.23. The summed E-state index contributed by atoms with van der Waals surface area (Å²) in [7, 11) is 0. The number of likely N-dealkylation sites (tertiary alicyclic amines) is 1. The molecule has 104 valence electrons. The lowest BCUT2D eigenvalue weighted by atomic mass is 10.1. The van der Waals surface area contributed by atoms with Gasteiger partial charge < -0.3 is 15.4 Å². The van der Waals surface area contributed by atoms with E-state index in [1.54, 1.807) is 0 Å². The average molecular weight is 262 g/mol. The predicted octanol–water partition coefficient (Wildman–Crippen LogP) is 1.58. The average Bonchev–Trinajstić information content (AvgIpc) is 2.75. The van der Waals surface area contributed by atoms with Crippen LogP contribution >= 0.6 is 0 Å². The molecule has 0 spiro atoms. The largest absolute Gasteiger partial charge is 0.491 e. The Morgan fingerprint density at radius 2 is 2.32 bits per heavy atom. The van der Waals surface area contributed by atoms with Gasteiger partial charge in [-0.05, 0) is 38.0 Å². The van der Waals surface area contributed by atoms with Crippen LogP contribution in [0.15, 0.2) is 24.3 Å². The highest BCUT2D eigenvalue weighted by Crippen LogP contribution is 2.17. The van der Waals surface area contributed by atoms with Gasteiger partial charge in [0.2, 0.25) is 5.91 Å². The van der Waals surface area contributed by atoms with Crippen LogP contribution < -0.4 is 10.5 Å². The summed E-state index contributed by atoms with van der Waals surface area (Å²) in [6.45, 7) is 5.44. The fraction of sp³-hybridized carbons (Fsp3) is 0.533. The summed E-state index contributed by atoms with van der Waals surface area (Å²) >= 11 is 0. The van der Waals surface area contributed by atoms with Crippen molar-refractivity contribution in [2.24, 2.45) is 5.73 Å². The molecule has 4 heteroatoms. The Labute approximate surface area is 114 Å². The van der Waals surface area contributed by atoms with Crippen LogP contribution in [0.25, 0.3) is 0 Å². The SMILES string of the molecule is CC(C)Oc1cccc(CC(=O)N2CCC(N)C2)c1. The third-order valence-electron chi connectivity index (χ3n) is 3.20. The lowest BCUT2D eigenvalue weighted by Gasteiger charge is -2.16. The van der Waals surface area contributed by atoms with Crippen LogP contribution in [0.5, 0.6) is 5.75 Å². The van der Waals surface area contributed by atoms with Gasteiger partial charge in [0.25, 0.3) is 0 Å². The van der Waals surface area contributed by atoms with Gasteiger partial charge in [-0.1, -0.05) is 12.1 Å². The molecular weight excluding hydrogens is 240 g/mol. The van der Waals surface area contributed by atoms with Crippen LogP contribution in [0.1, 0.15) is 25.8 Å². The molecule has 1 fully saturated rings. The zero-order valence-corrected chi connectivity index (χ0v) is 11.6. The zero-order valence-electron chi connectivity index (χ0n) is 11.6. The van der Waals surface area contributed by atoms with E-state index in [-0.39, 0.29) is 18.1 Å². The van der Waals surface area contributed by atoms with Crippen molar-refractivity contribution in [2.45, 2.75) is 38.8 Å². The normalized spacial score (nSPS) is 18.9. The second-order valence-electron chi connectivity index (χ2n) is 5.38. The molecule has 0 aliphatic carbocycles. The standard InChI is InChI=1S/C15H22N2O2/c1-11(2)19-14-5-3-4-12(8-14)9-15(18)17-7-6-13(16)10-17/h3-5,8,11,13H,6-7,9-10,16H2,1-2H3. The number of hydrogen-bond acceptors (Lipinski definition) is 3. The van der Waals surface area contributed by atoms with Gasteiger partial charge >= 0.3 is 0 Å². The molecule has 1 aliphatic heterocycles. The summed E-state index contributed by atoms with van der Waals surface area (Å²) in [5.74, 6) is 0.966. The minimum Gasteiger partial charge on any atom is -0.491 e. The number of amides is 1. The Morgan fingerprint density at radius 1 is 1.53 bits per heavy atom. The van der Waals surface area contributed by atoms with Crippen LogP contribution in [0, 0.1) is 0 Å². The zero-order chi connectivity index (χ0) is 13.8. The topological polar surface area (TPSA) is 55.6 Å². The number of nitrogens with zero attached hydrogens (tertiary/aromatic N) is 1. The van der Waals surface area contributed by atoms with E-state index < -0.39 is 0 Å². The first-order valence-corrected chi connectivity index (χ1v) is 6.83. The molecular formula is C15H22N2O2. The van der Waals surface area contributed by atoms with Crippen molar-refractivity contribution >= 4 is 5.91 Å². The van der Waals surface area contributed by atoms with Gasteiger partial charge in [-0.3, -0.25) is 4.79 Å². The van der Waals surface area contributed by atoms with Crippen molar-refractivity contribution < 1.29 is 9.53 Å². The number of ether oxygens (including phenoxy) is 1. The molecule has 19 heavy (non-hydrogen) atoms. The van der Waals surface area contributed by atoms with Crippen LogP contribution in [-0.4, -0.2) is 36.0 Å². The fourth-order valence-electron chi connectivity index (χ4n) is 2.30. The fourth-order valence-corrected chi connectivity index (χ4v) is 2.30. The van der Waals surface area contributed by atoms with Crippen LogP contribution in [0.4, 0.5) is 0 Å². The third kappa shape index (κ3) is 3.96. The molecule has 4 nitrogen and oxygen atoms in total. The summed E-state index contributed by atoms with van der Waals surface area (Å²) < 4.78 is 5.63. The molecule has 1 aliphatic rings. The molecule has 1 aromatic carbocycles. The van der Waals surface area contributed by atoms with Crippen LogP contribution in [0.3, 0.4) is 0 Å². The Kier molecular flexibility index (Phi) is 4.43. The number of benzene rings is 1. The van der Waals surface area contributed by atoms with E-state index >= 15 is 0 Å². The minimum atomic E-state index is 0.138. The lowest BCUT2D eigenvalue weighted by molar-refractivity contribution is -0.129. The van der Waals surface area contributed by atoms with E-state index in [9.17, 15) is 4.79 Å². The van der Waals surface area contributed by atoms with Crippen molar-refractivity contribution in [1.82, 2.24) is 4.90 Å². The molecule has 0 aromatic heterocycles. The third-order valence-corrected chi connectivity index (χ3v) is 3.20. The number of rotatable bonds is 4. The molecule has 1 aromatic rings. The Bertz CT molecular complexity index is 446. The Morgan fingerprint density at radius 3 is 2.95 bits per heavy atom. The minimum absolute atomic E-state index is 0.138. The first kappa shape index (κ1) is 13.9. The lowest BCUT2D eigenvalue weighted by Crippen LogP contribution is -2.32. The summed E-state index contributed by atoms with van der Waals surface area (Å²) in [6.07, 6.45) is 1.46. The molecule has 1 unspecified atom stereocenters. The van der Waals surface area contributed by atoms with E-state index in [0.29, 0.717) is 13.0 Å². The molecule has 0 radical (unpaired) electrons. The monoisotopic (exact) mass is 262 g/mol. The smallest absolute Gasteiger partial charge is 0.227 e. The quantitative estimate of drug-likeness (QED) is 0.896. The maximum atomic E-state index is 12.1. The maximum Gasteiger partial charge on any atom is 0.227 e. The summed E-state index contributed by atoms with van der Waals surface area (Å²) in [5.41, 5.74) is 6.81. The molecule has 1 heterocycles. The van der Waals surface area contributed by atoms with Crippen molar-refractivity contribution in [3.05, 3.63) is 29.8 Å². The number of carbonyl (C=O) groups is 1. The number of nitrogens with two attached hydrogens (primary N) is 1. The van der Waals surface area contributed by atoms with Gasteiger partial charge in [0.05, 0.1) is 12.5 Å². The van der Waals surface area contributed by atoms with E-state index in [2.05, 4.69) is 0 Å². The van der Waals surface area contributed by atoms with Crippen LogP contribution in [0.2, 0.25) is 0 Å². The van der Waals surface area contributed by atoms with Gasteiger partial charge in [-0.15, -0.1) is 0 Å². The predicted molar refractivity (Wildman–Crippen MR) is 75.1 cm³/mol. The van der Waals surface area contributed by atoms with E-state index in [1.807, 2.05) is 43.0 Å². The molecule has 2 rings (SSSR count). The first-order valence-electron chi connectivity index (χ1n) is 6.83. The van der Waals surface area contributed by atoms with Gasteiger partial charge in [0.15, 0.2) is 0 Å². The van der Waals surface area contributed by atoms with E-state index in [0.717, 1.165) is 24.3 Å². The molecule has 1 atom stereocenters. The maximum absolute atomic E-state index is 12.1. The van der Waals surface area contributed by atoms with Crippen molar-refractivity contribution in [2.75, 3.05) is 13.1 Å². The summed E-state index contributed by atoms with van der Waals surface area (Å²) in [5, 5.41) is 0. The first-order chi connectivity index (χ1) is 9.04. The highest BCUT2D eigenvalue weighted by atomic mass is 16.5. The van der Waals surface area contributed by atoms with E-state index in [4.69, 9.17) is 10.5 Å². The van der Waals surface area contributed by atoms with Gasteiger partial charge in [-0.2, -0.15) is 0 Å². The second-order valence-corrected chi connectivity index (χ2v) is 5.38. The van der Waals surface area contributed by atoms with E-state index in [1.165, 1.54) is 0 Å². The molecule has 2 N–H and O–H groups in total. The molecule has 0 bridgehead atoms. The summed E-state index contributed by atoms with van der Waals surface area (Å²) in [6, 6.07) is 7.88. The van der Waals surface area contributed by atoms with Crippen molar-refractivity contribution in [3.63, 3.8) is 0 Å².